The van der Waals surface area contributed by atoms with Crippen LogP contribution in [0.25, 0.3) is 0 Å². The maximum absolute atomic E-state index is 11.9. The summed E-state index contributed by atoms with van der Waals surface area (Å²) in [5, 5.41) is 9.09. The number of hydrogen-bond acceptors (Lipinski definition) is 4. The summed E-state index contributed by atoms with van der Waals surface area (Å²) in [6.45, 7) is 6.48. The summed E-state index contributed by atoms with van der Waals surface area (Å²) in [7, 11) is 0. The third kappa shape index (κ3) is 3.90. The Morgan fingerprint density at radius 2 is 2.18 bits per heavy atom. The van der Waals surface area contributed by atoms with Gasteiger partial charge in [0.05, 0.1) is 12.7 Å². The van der Waals surface area contributed by atoms with Crippen LogP contribution in [-0.4, -0.2) is 51.0 Å². The minimum atomic E-state index is -0.138. The van der Waals surface area contributed by atoms with E-state index in [1.165, 1.54) is 5.69 Å². The second kappa shape index (κ2) is 6.98. The number of carbonyl (C=O) groups is 1. The number of morpholine rings is 1. The monoisotopic (exact) mass is 304 g/mol. The molecule has 0 saturated carbocycles. The number of urea groups is 1. The van der Waals surface area contributed by atoms with Gasteiger partial charge in [0.2, 0.25) is 0 Å². The maximum atomic E-state index is 11.9. The van der Waals surface area contributed by atoms with Gasteiger partial charge in [0.1, 0.15) is 0 Å². The van der Waals surface area contributed by atoms with Gasteiger partial charge >= 0.3 is 6.03 Å². The summed E-state index contributed by atoms with van der Waals surface area (Å²) < 4.78 is 5.56. The molecular formula is C16H24N4O2. The highest BCUT2D eigenvalue weighted by molar-refractivity contribution is 5.89. The average molecular weight is 304 g/mol. The molecule has 120 valence electrons. The van der Waals surface area contributed by atoms with Crippen LogP contribution < -0.4 is 20.9 Å². The number of nitrogens with zero attached hydrogens (tertiary/aromatic N) is 1. The topological polar surface area (TPSA) is 65.6 Å². The maximum Gasteiger partial charge on any atom is 0.319 e. The van der Waals surface area contributed by atoms with Crippen LogP contribution in [0, 0.1) is 0 Å². The number of hydrogen-bond donors (Lipinski definition) is 3. The van der Waals surface area contributed by atoms with Gasteiger partial charge in [0, 0.05) is 37.1 Å². The van der Waals surface area contributed by atoms with Gasteiger partial charge in [-0.25, -0.2) is 4.79 Å². The molecule has 22 heavy (non-hydrogen) atoms. The number of carbonyl (C=O) groups excluding carboxylic acids is 1. The third-order valence-corrected chi connectivity index (χ3v) is 4.13. The summed E-state index contributed by atoms with van der Waals surface area (Å²) in [5.74, 6) is 0. The first-order chi connectivity index (χ1) is 10.7. The molecule has 0 bridgehead atoms. The zero-order chi connectivity index (χ0) is 15.4. The molecular weight excluding hydrogens is 280 g/mol. The smallest absolute Gasteiger partial charge is 0.319 e. The summed E-state index contributed by atoms with van der Waals surface area (Å²) in [5.41, 5.74) is 1.98. The molecule has 6 heteroatoms. The molecule has 3 rings (SSSR count). The predicted octanol–water partition coefficient (Wildman–Crippen LogP) is 1.40. The van der Waals surface area contributed by atoms with E-state index >= 15 is 0 Å². The van der Waals surface area contributed by atoms with Crippen molar-refractivity contribution in [2.24, 2.45) is 0 Å². The minimum absolute atomic E-state index is 0.138. The molecule has 1 aromatic rings. The van der Waals surface area contributed by atoms with E-state index in [0.29, 0.717) is 0 Å². The molecule has 0 aliphatic carbocycles. The summed E-state index contributed by atoms with van der Waals surface area (Å²) in [6, 6.07) is 8.08. The standard InChI is InChI=1S/C16H24N4O2/c1-12-11-20(8-9-22-12)15-4-2-13(3-5-15)18-16(21)19-14-6-7-17-10-14/h2-5,12,14,17H,6-11H2,1H3,(H2,18,19,21). The van der Waals surface area contributed by atoms with Crippen molar-refractivity contribution in [2.75, 3.05) is 43.0 Å². The number of amides is 2. The van der Waals surface area contributed by atoms with Crippen molar-refractivity contribution in [3.05, 3.63) is 24.3 Å². The summed E-state index contributed by atoms with van der Waals surface area (Å²) in [4.78, 5) is 14.2. The Bertz CT molecular complexity index is 499. The van der Waals surface area contributed by atoms with E-state index in [1.54, 1.807) is 0 Å². The Labute approximate surface area is 131 Å². The first-order valence-electron chi connectivity index (χ1n) is 7.95. The van der Waals surface area contributed by atoms with Gasteiger partial charge in [-0.2, -0.15) is 0 Å². The molecule has 2 saturated heterocycles. The molecule has 0 radical (unpaired) electrons. The van der Waals surface area contributed by atoms with Crippen LogP contribution in [0.2, 0.25) is 0 Å². The molecule has 0 aromatic heterocycles. The average Bonchev–Trinajstić information content (AvgIpc) is 3.01. The number of ether oxygens (including phenoxy) is 1. The van der Waals surface area contributed by atoms with E-state index in [4.69, 9.17) is 4.74 Å². The van der Waals surface area contributed by atoms with Crippen LogP contribution >= 0.6 is 0 Å². The lowest BCUT2D eigenvalue weighted by molar-refractivity contribution is 0.0532. The quantitative estimate of drug-likeness (QED) is 0.790. The van der Waals surface area contributed by atoms with E-state index in [0.717, 1.165) is 44.9 Å². The Balaban J connectivity index is 1.53. The van der Waals surface area contributed by atoms with Crippen molar-refractivity contribution in [3.63, 3.8) is 0 Å². The largest absolute Gasteiger partial charge is 0.375 e. The van der Waals surface area contributed by atoms with Gasteiger partial charge in [-0.05, 0) is 44.2 Å². The van der Waals surface area contributed by atoms with Crippen LogP contribution in [-0.2, 0) is 4.74 Å². The molecule has 2 amide bonds. The normalized spacial score (nSPS) is 25.0. The highest BCUT2D eigenvalue weighted by atomic mass is 16.5. The molecule has 6 nitrogen and oxygen atoms in total. The van der Waals surface area contributed by atoms with Crippen molar-refractivity contribution in [1.82, 2.24) is 10.6 Å². The van der Waals surface area contributed by atoms with Gasteiger partial charge < -0.3 is 25.6 Å². The van der Waals surface area contributed by atoms with E-state index < -0.39 is 0 Å². The van der Waals surface area contributed by atoms with Gasteiger partial charge in [-0.3, -0.25) is 0 Å². The van der Waals surface area contributed by atoms with Gasteiger partial charge in [0.25, 0.3) is 0 Å². The molecule has 2 aliphatic heterocycles. The number of benzene rings is 1. The van der Waals surface area contributed by atoms with Crippen LogP contribution in [0.5, 0.6) is 0 Å². The lowest BCUT2D eigenvalue weighted by Crippen LogP contribution is -2.41. The molecule has 3 N–H and O–H groups in total. The molecule has 2 aliphatic rings. The second-order valence-electron chi connectivity index (χ2n) is 5.96. The summed E-state index contributed by atoms with van der Waals surface area (Å²) in [6.07, 6.45) is 1.25. The van der Waals surface area contributed by atoms with E-state index in [-0.39, 0.29) is 18.2 Å². The molecule has 2 fully saturated rings. The summed E-state index contributed by atoms with van der Waals surface area (Å²) >= 11 is 0. The number of nitrogens with one attached hydrogen (secondary N) is 3. The van der Waals surface area contributed by atoms with Crippen molar-refractivity contribution < 1.29 is 9.53 Å². The highest BCUT2D eigenvalue weighted by Gasteiger charge is 2.18. The second-order valence-corrected chi connectivity index (χ2v) is 5.96. The first kappa shape index (κ1) is 15.1. The fraction of sp³-hybridized carbons (Fsp3) is 0.562. The lowest BCUT2D eigenvalue weighted by atomic mass is 10.2. The fourth-order valence-electron chi connectivity index (χ4n) is 2.94. The van der Waals surface area contributed by atoms with Gasteiger partial charge in [0.15, 0.2) is 0 Å². The molecule has 1 aromatic carbocycles. The minimum Gasteiger partial charge on any atom is -0.375 e. The highest BCUT2D eigenvalue weighted by Crippen LogP contribution is 2.20. The fourth-order valence-corrected chi connectivity index (χ4v) is 2.94. The van der Waals surface area contributed by atoms with Crippen molar-refractivity contribution in [2.45, 2.75) is 25.5 Å². The zero-order valence-corrected chi connectivity index (χ0v) is 13.0. The van der Waals surface area contributed by atoms with Crippen molar-refractivity contribution in [1.29, 1.82) is 0 Å². The van der Waals surface area contributed by atoms with Crippen LogP contribution in [0.4, 0.5) is 16.2 Å². The Hall–Kier alpha value is -1.79. The van der Waals surface area contributed by atoms with Crippen LogP contribution in [0.3, 0.4) is 0 Å². The van der Waals surface area contributed by atoms with Crippen LogP contribution in [0.1, 0.15) is 13.3 Å². The van der Waals surface area contributed by atoms with E-state index in [2.05, 4.69) is 27.8 Å². The van der Waals surface area contributed by atoms with Crippen LogP contribution in [0.15, 0.2) is 24.3 Å². The molecule has 2 heterocycles. The Kier molecular flexibility index (Phi) is 4.80. The molecule has 2 atom stereocenters. The Morgan fingerprint density at radius 3 is 2.86 bits per heavy atom. The zero-order valence-electron chi connectivity index (χ0n) is 13.0. The SMILES string of the molecule is CC1CN(c2ccc(NC(=O)NC3CCNC3)cc2)CCO1. The van der Waals surface area contributed by atoms with E-state index in [1.807, 2.05) is 24.3 Å². The van der Waals surface area contributed by atoms with E-state index in [9.17, 15) is 4.79 Å². The van der Waals surface area contributed by atoms with Gasteiger partial charge in [-0.15, -0.1) is 0 Å². The number of rotatable bonds is 3. The predicted molar refractivity (Wildman–Crippen MR) is 87.5 cm³/mol. The van der Waals surface area contributed by atoms with Crippen molar-refractivity contribution in [3.8, 4) is 0 Å². The first-order valence-corrected chi connectivity index (χ1v) is 7.95. The molecule has 0 spiro atoms. The third-order valence-electron chi connectivity index (χ3n) is 4.13. The number of anilines is 2. The van der Waals surface area contributed by atoms with Gasteiger partial charge in [-0.1, -0.05) is 0 Å². The molecule has 2 unspecified atom stereocenters. The Morgan fingerprint density at radius 1 is 1.36 bits per heavy atom. The lowest BCUT2D eigenvalue weighted by Gasteiger charge is -2.33. The van der Waals surface area contributed by atoms with Crippen molar-refractivity contribution >= 4 is 17.4 Å².